The van der Waals surface area contributed by atoms with E-state index >= 15 is 0 Å². The number of benzene rings is 1. The van der Waals surface area contributed by atoms with Crippen LogP contribution in [0.4, 0.5) is 5.69 Å². The maximum atomic E-state index is 12.6. The van der Waals surface area contributed by atoms with Gasteiger partial charge in [0.1, 0.15) is 5.75 Å². The number of aromatic nitrogens is 2. The van der Waals surface area contributed by atoms with Crippen molar-refractivity contribution in [2.45, 2.75) is 25.5 Å². The van der Waals surface area contributed by atoms with E-state index in [1.807, 2.05) is 25.1 Å². The molecule has 1 atom stereocenters. The Bertz CT molecular complexity index is 847. The van der Waals surface area contributed by atoms with Gasteiger partial charge in [-0.05, 0) is 31.5 Å². The van der Waals surface area contributed by atoms with Crippen molar-refractivity contribution in [3.05, 3.63) is 45.9 Å². The first-order valence-electron chi connectivity index (χ1n) is 7.64. The summed E-state index contributed by atoms with van der Waals surface area (Å²) in [6, 6.07) is 5.63. The van der Waals surface area contributed by atoms with Crippen LogP contribution >= 0.6 is 11.8 Å². The number of hydrogen-bond acceptors (Lipinski definition) is 5. The largest absolute Gasteiger partial charge is 0.495 e. The molecule has 2 aromatic rings. The van der Waals surface area contributed by atoms with Gasteiger partial charge in [-0.25, -0.2) is 4.98 Å². The average molecular weight is 345 g/mol. The molecule has 6 nitrogen and oxygen atoms in total. The number of fused-ring (bicyclic) bond motifs is 1. The van der Waals surface area contributed by atoms with Crippen LogP contribution in [0.25, 0.3) is 0 Å². The fourth-order valence-electron chi connectivity index (χ4n) is 2.61. The number of carbonyl (C=O) groups is 1. The number of thioether (sulfide) groups is 1. The summed E-state index contributed by atoms with van der Waals surface area (Å²) in [7, 11) is 1.57. The highest BCUT2D eigenvalue weighted by molar-refractivity contribution is 7.99. The van der Waals surface area contributed by atoms with Crippen molar-refractivity contribution in [1.29, 1.82) is 0 Å². The van der Waals surface area contributed by atoms with Gasteiger partial charge in [0, 0.05) is 24.1 Å². The van der Waals surface area contributed by atoms with E-state index < -0.39 is 0 Å². The lowest BCUT2D eigenvalue weighted by Crippen LogP contribution is -2.37. The van der Waals surface area contributed by atoms with Crippen LogP contribution in [-0.4, -0.2) is 28.3 Å². The molecular formula is C17H19N3O3S. The first-order chi connectivity index (χ1) is 11.5. The highest BCUT2D eigenvalue weighted by atomic mass is 32.2. The number of methoxy groups -OCH3 is 1. The molecule has 0 saturated carbocycles. The van der Waals surface area contributed by atoms with Gasteiger partial charge >= 0.3 is 0 Å². The van der Waals surface area contributed by atoms with E-state index in [0.29, 0.717) is 34.5 Å². The molecule has 1 aliphatic heterocycles. The monoisotopic (exact) mass is 345 g/mol. The minimum atomic E-state index is -0.297. The van der Waals surface area contributed by atoms with Crippen LogP contribution in [0, 0.1) is 19.8 Å². The number of carbonyl (C=O) groups excluding carboxylic acids is 1. The topological polar surface area (TPSA) is 73.2 Å². The van der Waals surface area contributed by atoms with Crippen LogP contribution in [-0.2, 0) is 11.3 Å². The maximum Gasteiger partial charge on any atom is 0.257 e. The van der Waals surface area contributed by atoms with Gasteiger partial charge in [0.2, 0.25) is 5.91 Å². The second kappa shape index (κ2) is 6.68. The second-order valence-electron chi connectivity index (χ2n) is 5.84. The number of nitrogens with zero attached hydrogens (tertiary/aromatic N) is 2. The Kier molecular flexibility index (Phi) is 4.62. The Hall–Kier alpha value is -2.28. The van der Waals surface area contributed by atoms with Gasteiger partial charge < -0.3 is 10.1 Å². The molecule has 0 bridgehead atoms. The first-order valence-corrected chi connectivity index (χ1v) is 8.63. The Morgan fingerprint density at radius 2 is 2.21 bits per heavy atom. The standard InChI is InChI=1S/C17H19N3O3S/c1-10-4-5-14(23-3)13(6-10)19-15(21)12-8-20-16(22)11(2)7-18-17(20)24-9-12/h4-7,12H,8-9H2,1-3H3,(H,19,21)/t12-/m0/s1. The number of rotatable bonds is 3. The summed E-state index contributed by atoms with van der Waals surface area (Å²) in [5.41, 5.74) is 2.18. The Balaban J connectivity index is 1.81. The molecular weight excluding hydrogens is 326 g/mol. The molecule has 0 fully saturated rings. The second-order valence-corrected chi connectivity index (χ2v) is 6.83. The lowest BCUT2D eigenvalue weighted by Gasteiger charge is -2.24. The minimum absolute atomic E-state index is 0.0851. The molecule has 0 unspecified atom stereocenters. The van der Waals surface area contributed by atoms with E-state index in [2.05, 4.69) is 10.3 Å². The third-order valence-electron chi connectivity index (χ3n) is 3.98. The molecule has 7 heteroatoms. The molecule has 1 amide bonds. The van der Waals surface area contributed by atoms with Crippen molar-refractivity contribution in [1.82, 2.24) is 9.55 Å². The molecule has 0 radical (unpaired) electrons. The predicted octanol–water partition coefficient (Wildman–Crippen LogP) is 2.23. The quantitative estimate of drug-likeness (QED) is 0.864. The van der Waals surface area contributed by atoms with Crippen LogP contribution in [0.5, 0.6) is 5.75 Å². The van der Waals surface area contributed by atoms with E-state index in [4.69, 9.17) is 4.74 Å². The zero-order valence-corrected chi connectivity index (χ0v) is 14.6. The number of aryl methyl sites for hydroxylation is 2. The highest BCUT2D eigenvalue weighted by Crippen LogP contribution is 2.29. The zero-order chi connectivity index (χ0) is 17.3. The minimum Gasteiger partial charge on any atom is -0.495 e. The van der Waals surface area contributed by atoms with Crippen molar-refractivity contribution in [2.24, 2.45) is 5.92 Å². The van der Waals surface area contributed by atoms with Crippen LogP contribution in [0.15, 0.2) is 34.3 Å². The normalized spacial score (nSPS) is 16.4. The number of ether oxygens (including phenoxy) is 1. The van der Waals surface area contributed by atoms with E-state index in [1.54, 1.807) is 24.8 Å². The smallest absolute Gasteiger partial charge is 0.257 e. The summed E-state index contributed by atoms with van der Waals surface area (Å²) in [4.78, 5) is 29.2. The first kappa shape index (κ1) is 16.6. The molecule has 126 valence electrons. The number of amides is 1. The van der Waals surface area contributed by atoms with Gasteiger partial charge in [-0.15, -0.1) is 0 Å². The SMILES string of the molecule is COc1ccc(C)cc1NC(=O)[C@@H]1CSc2ncc(C)c(=O)n2C1. The van der Waals surface area contributed by atoms with Gasteiger partial charge in [0.25, 0.3) is 5.56 Å². The predicted molar refractivity (Wildman–Crippen MR) is 93.8 cm³/mol. The molecule has 0 spiro atoms. The highest BCUT2D eigenvalue weighted by Gasteiger charge is 2.27. The van der Waals surface area contributed by atoms with Crippen LogP contribution in [0.3, 0.4) is 0 Å². The Morgan fingerprint density at radius 1 is 1.42 bits per heavy atom. The molecule has 1 aromatic heterocycles. The fourth-order valence-corrected chi connectivity index (χ4v) is 3.66. The van der Waals surface area contributed by atoms with Gasteiger partial charge in [0.15, 0.2) is 5.16 Å². The van der Waals surface area contributed by atoms with E-state index in [-0.39, 0.29) is 17.4 Å². The summed E-state index contributed by atoms with van der Waals surface area (Å²) in [6.07, 6.45) is 1.58. The van der Waals surface area contributed by atoms with Gasteiger partial charge in [-0.3, -0.25) is 14.2 Å². The maximum absolute atomic E-state index is 12.6. The molecule has 24 heavy (non-hydrogen) atoms. The fraction of sp³-hybridized carbons (Fsp3) is 0.353. The summed E-state index contributed by atoms with van der Waals surface area (Å²) in [5, 5.41) is 3.59. The van der Waals surface area contributed by atoms with Crippen LogP contribution in [0.1, 0.15) is 11.1 Å². The Morgan fingerprint density at radius 3 is 2.96 bits per heavy atom. The molecule has 2 heterocycles. The third kappa shape index (κ3) is 3.17. The molecule has 1 aromatic carbocycles. The number of nitrogens with one attached hydrogen (secondary N) is 1. The van der Waals surface area contributed by atoms with Gasteiger partial charge in [-0.1, -0.05) is 17.8 Å². The van der Waals surface area contributed by atoms with E-state index in [9.17, 15) is 9.59 Å². The number of hydrogen-bond donors (Lipinski definition) is 1. The summed E-state index contributed by atoms with van der Waals surface area (Å²) in [5.74, 6) is 0.794. The zero-order valence-electron chi connectivity index (χ0n) is 13.8. The van der Waals surface area contributed by atoms with Crippen molar-refractivity contribution >= 4 is 23.4 Å². The van der Waals surface area contributed by atoms with Crippen LogP contribution < -0.4 is 15.6 Å². The summed E-state index contributed by atoms with van der Waals surface area (Å²) >= 11 is 1.43. The Labute approximate surface area is 144 Å². The van der Waals surface area contributed by atoms with Crippen molar-refractivity contribution < 1.29 is 9.53 Å². The summed E-state index contributed by atoms with van der Waals surface area (Å²) in [6.45, 7) is 4.03. The van der Waals surface area contributed by atoms with Crippen LogP contribution in [0.2, 0.25) is 0 Å². The summed E-state index contributed by atoms with van der Waals surface area (Å²) < 4.78 is 6.88. The van der Waals surface area contributed by atoms with E-state index in [1.165, 1.54) is 11.8 Å². The molecule has 1 N–H and O–H groups in total. The lowest BCUT2D eigenvalue weighted by atomic mass is 10.1. The van der Waals surface area contributed by atoms with Gasteiger partial charge in [-0.2, -0.15) is 0 Å². The molecule has 0 saturated heterocycles. The molecule has 3 rings (SSSR count). The molecule has 0 aliphatic carbocycles. The third-order valence-corrected chi connectivity index (χ3v) is 5.14. The van der Waals surface area contributed by atoms with Crippen molar-refractivity contribution in [3.63, 3.8) is 0 Å². The molecule has 1 aliphatic rings. The van der Waals surface area contributed by atoms with Gasteiger partial charge in [0.05, 0.1) is 18.7 Å². The lowest BCUT2D eigenvalue weighted by molar-refractivity contribution is -0.119. The average Bonchev–Trinajstić information content (AvgIpc) is 2.58. The van der Waals surface area contributed by atoms with Crippen molar-refractivity contribution in [3.8, 4) is 5.75 Å². The van der Waals surface area contributed by atoms with E-state index in [0.717, 1.165) is 5.56 Å². The number of anilines is 1. The van der Waals surface area contributed by atoms with Crippen molar-refractivity contribution in [2.75, 3.05) is 18.2 Å².